The maximum atomic E-state index is 2.54. The zero-order valence-corrected chi connectivity index (χ0v) is 29.8. The zero-order valence-electron chi connectivity index (χ0n) is 29.8. The number of allylic oxidation sites excluding steroid dienone is 4. The maximum absolute atomic E-state index is 2.54. The van der Waals surface area contributed by atoms with Gasteiger partial charge in [0.05, 0.1) is 11.1 Å². The van der Waals surface area contributed by atoms with Crippen molar-refractivity contribution in [3.63, 3.8) is 0 Å². The molecule has 0 saturated carbocycles. The fraction of sp³-hybridized carbons (Fsp3) is 0.0566. The van der Waals surface area contributed by atoms with Crippen LogP contribution in [-0.4, -0.2) is 0 Å². The Kier molecular flexibility index (Phi) is 6.16. The van der Waals surface area contributed by atoms with Crippen LogP contribution < -0.4 is 4.90 Å². The number of fused-ring (bicyclic) bond motifs is 6. The molecule has 0 aromatic heterocycles. The number of anilines is 2. The van der Waals surface area contributed by atoms with Crippen molar-refractivity contribution < 1.29 is 0 Å². The first kappa shape index (κ1) is 29.8. The Bertz CT molecular complexity index is 2900. The van der Waals surface area contributed by atoms with Gasteiger partial charge >= 0.3 is 0 Å². The molecule has 0 aliphatic heterocycles. The molecule has 1 atom stereocenters. The smallest absolute Gasteiger partial charge is 0.0737 e. The quantitative estimate of drug-likeness (QED) is 0.174. The number of hydrogen-bond donors (Lipinski definition) is 0. The molecule has 8 aromatic carbocycles. The molecule has 1 spiro atoms. The van der Waals surface area contributed by atoms with Crippen molar-refractivity contribution in [2.45, 2.75) is 18.3 Å². The second-order valence-corrected chi connectivity index (χ2v) is 15.1. The fourth-order valence-corrected chi connectivity index (χ4v) is 10.4. The van der Waals surface area contributed by atoms with E-state index >= 15 is 0 Å². The van der Waals surface area contributed by atoms with Crippen LogP contribution in [0.1, 0.15) is 40.7 Å². The molecule has 252 valence electrons. The molecule has 0 heterocycles. The molecular weight excluding hydrogens is 651 g/mol. The number of rotatable bonds is 5. The fourth-order valence-electron chi connectivity index (χ4n) is 10.4. The lowest BCUT2D eigenvalue weighted by atomic mass is 9.73. The Hall–Kier alpha value is -6.70. The summed E-state index contributed by atoms with van der Waals surface area (Å²) in [5.74, 6) is 0. The Morgan fingerprint density at radius 3 is 1.78 bits per heavy atom. The third-order valence-corrected chi connectivity index (χ3v) is 12.5. The van der Waals surface area contributed by atoms with Crippen molar-refractivity contribution in [3.05, 3.63) is 222 Å². The van der Waals surface area contributed by atoms with Crippen LogP contribution in [0, 0.1) is 0 Å². The van der Waals surface area contributed by atoms with Gasteiger partial charge in [0.1, 0.15) is 0 Å². The molecule has 54 heavy (non-hydrogen) atoms. The van der Waals surface area contributed by atoms with Gasteiger partial charge in [0.25, 0.3) is 0 Å². The van der Waals surface area contributed by atoms with E-state index in [1.165, 1.54) is 106 Å². The molecule has 0 radical (unpaired) electrons. The Balaban J connectivity index is 1.00. The summed E-state index contributed by atoms with van der Waals surface area (Å²) in [6, 6.07) is 65.5. The Morgan fingerprint density at radius 2 is 1.00 bits per heavy atom. The van der Waals surface area contributed by atoms with Gasteiger partial charge in [-0.1, -0.05) is 158 Å². The first-order valence-corrected chi connectivity index (χ1v) is 19.2. The van der Waals surface area contributed by atoms with Crippen LogP contribution in [-0.2, 0) is 5.41 Å². The minimum Gasteiger partial charge on any atom is -0.314 e. The Morgan fingerprint density at radius 1 is 0.407 bits per heavy atom. The highest BCUT2D eigenvalue weighted by Crippen LogP contribution is 2.70. The average Bonchev–Trinajstić information content (AvgIpc) is 3.84. The molecule has 0 fully saturated rings. The summed E-state index contributed by atoms with van der Waals surface area (Å²) < 4.78 is 0. The number of hydrogen-bond acceptors (Lipinski definition) is 1. The maximum Gasteiger partial charge on any atom is 0.0737 e. The third kappa shape index (κ3) is 3.88. The summed E-state index contributed by atoms with van der Waals surface area (Å²) >= 11 is 0. The Labute approximate surface area is 315 Å². The molecule has 1 nitrogen and oxygen atoms in total. The second kappa shape index (κ2) is 11.2. The number of nitrogens with zero attached hydrogens (tertiary/aromatic N) is 1. The predicted molar refractivity (Wildman–Crippen MR) is 225 cm³/mol. The van der Waals surface area contributed by atoms with Gasteiger partial charge in [-0.25, -0.2) is 0 Å². The van der Waals surface area contributed by atoms with Gasteiger partial charge in [0, 0.05) is 16.9 Å². The van der Waals surface area contributed by atoms with Crippen LogP contribution in [0.3, 0.4) is 0 Å². The molecule has 8 aromatic rings. The third-order valence-electron chi connectivity index (χ3n) is 12.5. The van der Waals surface area contributed by atoms with E-state index < -0.39 is 0 Å². The molecule has 0 bridgehead atoms. The van der Waals surface area contributed by atoms with Crippen molar-refractivity contribution in [2.75, 3.05) is 4.90 Å². The van der Waals surface area contributed by atoms with Crippen molar-refractivity contribution in [1.82, 2.24) is 0 Å². The standard InChI is InChI=1S/C53H35N/c1-2-15-37(16-3-1)54(50-26-9-7-19-43(50)40-20-10-14-35-13-4-5-17-39(35)40)38-30-27-34(28-31-38)36-29-32-42-45-22-12-24-47-46-23-11-21-44-41-18-6-8-25-48(41)53(51(44)46,52(45)47)49(42)33-36/h1-27,29-30,32-33H,28,31H2. The lowest BCUT2D eigenvalue weighted by Gasteiger charge is -2.32. The minimum atomic E-state index is -0.258. The van der Waals surface area contributed by atoms with Gasteiger partial charge in [0.15, 0.2) is 0 Å². The lowest BCUT2D eigenvalue weighted by molar-refractivity contribution is 0.817. The summed E-state index contributed by atoms with van der Waals surface area (Å²) in [5, 5.41) is 2.53. The van der Waals surface area contributed by atoms with E-state index in [1.54, 1.807) is 0 Å². The molecule has 1 heteroatoms. The largest absolute Gasteiger partial charge is 0.314 e. The van der Waals surface area contributed by atoms with Crippen molar-refractivity contribution >= 4 is 27.7 Å². The molecule has 0 saturated heterocycles. The van der Waals surface area contributed by atoms with E-state index in [4.69, 9.17) is 0 Å². The number of benzene rings is 8. The summed E-state index contributed by atoms with van der Waals surface area (Å²) in [4.78, 5) is 2.48. The lowest BCUT2D eigenvalue weighted by Crippen LogP contribution is -2.23. The summed E-state index contributed by atoms with van der Waals surface area (Å²) in [6.45, 7) is 0. The van der Waals surface area contributed by atoms with Crippen molar-refractivity contribution in [1.29, 1.82) is 0 Å². The highest BCUT2D eigenvalue weighted by Gasteiger charge is 2.57. The van der Waals surface area contributed by atoms with Gasteiger partial charge < -0.3 is 4.90 Å². The molecule has 0 amide bonds. The van der Waals surface area contributed by atoms with Crippen LogP contribution in [0.5, 0.6) is 0 Å². The summed E-state index contributed by atoms with van der Waals surface area (Å²) in [6.07, 6.45) is 6.66. The van der Waals surface area contributed by atoms with Gasteiger partial charge in [-0.15, -0.1) is 0 Å². The molecule has 12 rings (SSSR count). The molecule has 1 unspecified atom stereocenters. The van der Waals surface area contributed by atoms with Gasteiger partial charge in [-0.05, 0) is 126 Å². The second-order valence-electron chi connectivity index (χ2n) is 15.1. The van der Waals surface area contributed by atoms with E-state index in [1.807, 2.05) is 0 Å². The van der Waals surface area contributed by atoms with E-state index in [2.05, 4.69) is 193 Å². The molecular formula is C53H35N. The molecule has 4 aliphatic rings. The molecule has 0 N–H and O–H groups in total. The average molecular weight is 686 g/mol. The zero-order chi connectivity index (χ0) is 35.4. The summed E-state index contributed by atoms with van der Waals surface area (Å²) in [5.41, 5.74) is 22.8. The predicted octanol–water partition coefficient (Wildman–Crippen LogP) is 13.7. The van der Waals surface area contributed by atoms with E-state index in [0.717, 1.165) is 12.8 Å². The molecule has 4 aliphatic carbocycles. The highest BCUT2D eigenvalue weighted by molar-refractivity contribution is 6.06. The van der Waals surface area contributed by atoms with E-state index in [9.17, 15) is 0 Å². The van der Waals surface area contributed by atoms with E-state index in [0.29, 0.717) is 0 Å². The monoisotopic (exact) mass is 685 g/mol. The topological polar surface area (TPSA) is 3.24 Å². The van der Waals surface area contributed by atoms with Crippen LogP contribution in [0.15, 0.2) is 194 Å². The normalized spacial score (nSPS) is 16.7. The van der Waals surface area contributed by atoms with E-state index in [-0.39, 0.29) is 5.41 Å². The van der Waals surface area contributed by atoms with Gasteiger partial charge in [0.2, 0.25) is 0 Å². The van der Waals surface area contributed by atoms with Crippen LogP contribution in [0.4, 0.5) is 11.4 Å². The van der Waals surface area contributed by atoms with Gasteiger partial charge in [-0.2, -0.15) is 0 Å². The van der Waals surface area contributed by atoms with Crippen molar-refractivity contribution in [3.8, 4) is 44.5 Å². The SMILES string of the molecule is C1=C(c2ccc3c(c2)C24c5ccccc5-c5cccc(c52)-c2cccc-3c24)CCC(N(c2ccccc2)c2ccccc2-c2cccc3ccccc23)=C1. The highest BCUT2D eigenvalue weighted by atomic mass is 15.2. The minimum absolute atomic E-state index is 0.258. The summed E-state index contributed by atoms with van der Waals surface area (Å²) in [7, 11) is 0. The van der Waals surface area contributed by atoms with Gasteiger partial charge in [-0.3, -0.25) is 0 Å². The van der Waals surface area contributed by atoms with Crippen LogP contribution in [0.2, 0.25) is 0 Å². The first-order valence-electron chi connectivity index (χ1n) is 19.2. The van der Waals surface area contributed by atoms with Crippen LogP contribution >= 0.6 is 0 Å². The van der Waals surface area contributed by atoms with Crippen LogP contribution in [0.25, 0.3) is 60.9 Å². The first-order chi connectivity index (χ1) is 26.8. The number of para-hydroxylation sites is 2. The van der Waals surface area contributed by atoms with Crippen molar-refractivity contribution in [2.24, 2.45) is 0 Å².